The third-order valence-electron chi connectivity index (χ3n) is 2.14. The summed E-state index contributed by atoms with van der Waals surface area (Å²) >= 11 is 0. The van der Waals surface area contributed by atoms with Crippen LogP contribution in [0.25, 0.3) is 0 Å². The van der Waals surface area contributed by atoms with Crippen LogP contribution >= 0.6 is 0 Å². The molecule has 0 aliphatic carbocycles. The van der Waals surface area contributed by atoms with Gasteiger partial charge in [0.2, 0.25) is 0 Å². The Labute approximate surface area is 78.1 Å². The molecule has 0 aliphatic heterocycles. The molecular weight excluding hydrogens is 170 g/mol. The summed E-state index contributed by atoms with van der Waals surface area (Å²) in [5.41, 5.74) is 4.78. The van der Waals surface area contributed by atoms with Gasteiger partial charge in [0.25, 0.3) is 0 Å². The van der Waals surface area contributed by atoms with Crippen LogP contribution in [-0.4, -0.2) is 22.4 Å². The molecule has 0 rings (SSSR count). The van der Waals surface area contributed by atoms with Crippen molar-refractivity contribution >= 4 is 5.97 Å². The molecule has 1 unspecified atom stereocenters. The fourth-order valence-corrected chi connectivity index (χ4v) is 0.949. The molecule has 0 aromatic rings. The highest BCUT2D eigenvalue weighted by Gasteiger charge is 2.26. The van der Waals surface area contributed by atoms with E-state index in [0.717, 1.165) is 0 Å². The molecule has 4 N–H and O–H groups in total. The van der Waals surface area contributed by atoms with Gasteiger partial charge >= 0.3 is 5.97 Å². The molecule has 0 aromatic carbocycles. The molecular formula is C9H17NO3. The van der Waals surface area contributed by atoms with E-state index in [1.54, 1.807) is 13.8 Å². The second kappa shape index (κ2) is 4.39. The summed E-state index contributed by atoms with van der Waals surface area (Å²) < 4.78 is 0. The molecule has 0 heterocycles. The SMILES string of the molecule is C=C(C(=O)O)C(C)(C)CCC(N)O. The van der Waals surface area contributed by atoms with Crippen molar-refractivity contribution in [2.75, 3.05) is 0 Å². The zero-order valence-electron chi connectivity index (χ0n) is 8.08. The lowest BCUT2D eigenvalue weighted by Crippen LogP contribution is -2.25. The lowest BCUT2D eigenvalue weighted by atomic mass is 9.80. The van der Waals surface area contributed by atoms with Crippen molar-refractivity contribution in [3.8, 4) is 0 Å². The molecule has 0 radical (unpaired) electrons. The second-order valence-electron chi connectivity index (χ2n) is 3.77. The van der Waals surface area contributed by atoms with Crippen molar-refractivity contribution in [1.82, 2.24) is 0 Å². The molecule has 0 saturated heterocycles. The molecule has 0 bridgehead atoms. The zero-order chi connectivity index (χ0) is 10.6. The highest BCUT2D eigenvalue weighted by Crippen LogP contribution is 2.30. The molecule has 4 heteroatoms. The number of carboxylic acid groups (broad SMARTS) is 1. The van der Waals surface area contributed by atoms with Gasteiger partial charge in [0.1, 0.15) is 6.23 Å². The Kier molecular flexibility index (Phi) is 4.10. The molecule has 76 valence electrons. The number of aliphatic hydroxyl groups is 1. The topological polar surface area (TPSA) is 83.5 Å². The highest BCUT2D eigenvalue weighted by molar-refractivity contribution is 5.87. The van der Waals surface area contributed by atoms with Gasteiger partial charge in [-0.15, -0.1) is 0 Å². The standard InChI is InChI=1S/C9H17NO3/c1-6(8(12)13)9(2,3)5-4-7(10)11/h7,11H,1,4-5,10H2,2-3H3,(H,12,13). The second-order valence-corrected chi connectivity index (χ2v) is 3.77. The van der Waals surface area contributed by atoms with E-state index in [2.05, 4.69) is 6.58 Å². The Hall–Kier alpha value is -0.870. The monoisotopic (exact) mass is 187 g/mol. The largest absolute Gasteiger partial charge is 0.478 e. The Balaban J connectivity index is 4.22. The van der Waals surface area contributed by atoms with Gasteiger partial charge in [-0.1, -0.05) is 20.4 Å². The average molecular weight is 187 g/mol. The lowest BCUT2D eigenvalue weighted by Gasteiger charge is -2.25. The lowest BCUT2D eigenvalue weighted by molar-refractivity contribution is -0.133. The van der Waals surface area contributed by atoms with Crippen LogP contribution in [0.1, 0.15) is 26.7 Å². The van der Waals surface area contributed by atoms with Gasteiger partial charge in [0, 0.05) is 5.57 Å². The van der Waals surface area contributed by atoms with Crippen molar-refractivity contribution in [3.63, 3.8) is 0 Å². The van der Waals surface area contributed by atoms with Crippen LogP contribution in [0.3, 0.4) is 0 Å². The molecule has 0 amide bonds. The number of carboxylic acids is 1. The van der Waals surface area contributed by atoms with E-state index in [9.17, 15) is 4.79 Å². The van der Waals surface area contributed by atoms with Crippen molar-refractivity contribution < 1.29 is 15.0 Å². The first-order valence-electron chi connectivity index (χ1n) is 4.13. The van der Waals surface area contributed by atoms with Crippen LogP contribution in [0.2, 0.25) is 0 Å². The van der Waals surface area contributed by atoms with Crippen LogP contribution in [0.5, 0.6) is 0 Å². The van der Waals surface area contributed by atoms with E-state index in [1.165, 1.54) is 0 Å². The first kappa shape index (κ1) is 12.1. The number of aliphatic hydroxyl groups excluding tert-OH is 1. The molecule has 0 saturated carbocycles. The molecule has 13 heavy (non-hydrogen) atoms. The Morgan fingerprint density at radius 2 is 2.08 bits per heavy atom. The molecule has 0 fully saturated rings. The number of aliphatic carboxylic acids is 1. The normalized spacial score (nSPS) is 13.8. The average Bonchev–Trinajstić information content (AvgIpc) is 1.99. The smallest absolute Gasteiger partial charge is 0.331 e. The van der Waals surface area contributed by atoms with Crippen LogP contribution in [0.15, 0.2) is 12.2 Å². The number of nitrogens with two attached hydrogens (primary N) is 1. The summed E-state index contributed by atoms with van der Waals surface area (Å²) in [4.78, 5) is 10.6. The van der Waals surface area contributed by atoms with E-state index in [1.807, 2.05) is 0 Å². The summed E-state index contributed by atoms with van der Waals surface area (Å²) in [6.45, 7) is 7.02. The van der Waals surface area contributed by atoms with E-state index in [0.29, 0.717) is 12.8 Å². The van der Waals surface area contributed by atoms with Crippen LogP contribution in [0.4, 0.5) is 0 Å². The van der Waals surface area contributed by atoms with Gasteiger partial charge in [-0.25, -0.2) is 4.79 Å². The van der Waals surface area contributed by atoms with Gasteiger partial charge < -0.3 is 15.9 Å². The Morgan fingerprint density at radius 3 is 2.38 bits per heavy atom. The van der Waals surface area contributed by atoms with Crippen molar-refractivity contribution in [2.45, 2.75) is 32.9 Å². The molecule has 0 spiro atoms. The number of hydrogen-bond donors (Lipinski definition) is 3. The minimum atomic E-state index is -1.00. The van der Waals surface area contributed by atoms with Crippen LogP contribution in [-0.2, 0) is 4.79 Å². The summed E-state index contributed by atoms with van der Waals surface area (Å²) in [5.74, 6) is -1.00. The van der Waals surface area contributed by atoms with E-state index >= 15 is 0 Å². The fraction of sp³-hybridized carbons (Fsp3) is 0.667. The van der Waals surface area contributed by atoms with Gasteiger partial charge in [0.05, 0.1) is 0 Å². The first-order valence-corrected chi connectivity index (χ1v) is 4.13. The maximum atomic E-state index is 10.6. The minimum Gasteiger partial charge on any atom is -0.478 e. The zero-order valence-corrected chi connectivity index (χ0v) is 8.08. The van der Waals surface area contributed by atoms with Gasteiger partial charge in [0.15, 0.2) is 0 Å². The minimum absolute atomic E-state index is 0.146. The third-order valence-corrected chi connectivity index (χ3v) is 2.14. The predicted octanol–water partition coefficient (Wildman–Crippen LogP) is 0.711. The first-order chi connectivity index (χ1) is 5.77. The van der Waals surface area contributed by atoms with Crippen molar-refractivity contribution in [1.29, 1.82) is 0 Å². The number of carbonyl (C=O) groups is 1. The maximum absolute atomic E-state index is 10.6. The molecule has 1 atom stereocenters. The van der Waals surface area contributed by atoms with Crippen molar-refractivity contribution in [3.05, 3.63) is 12.2 Å². The number of hydrogen-bond acceptors (Lipinski definition) is 3. The molecule has 0 aliphatic rings. The van der Waals surface area contributed by atoms with Gasteiger partial charge in [-0.05, 0) is 18.3 Å². The summed E-state index contributed by atoms with van der Waals surface area (Å²) in [5, 5.41) is 17.5. The molecule has 0 aromatic heterocycles. The predicted molar refractivity (Wildman–Crippen MR) is 50.0 cm³/mol. The maximum Gasteiger partial charge on any atom is 0.331 e. The van der Waals surface area contributed by atoms with Gasteiger partial charge in [-0.2, -0.15) is 0 Å². The fourth-order valence-electron chi connectivity index (χ4n) is 0.949. The Bertz CT molecular complexity index is 209. The highest BCUT2D eigenvalue weighted by atomic mass is 16.4. The summed E-state index contributed by atoms with van der Waals surface area (Å²) in [6, 6.07) is 0. The van der Waals surface area contributed by atoms with E-state index in [4.69, 9.17) is 15.9 Å². The van der Waals surface area contributed by atoms with Crippen molar-refractivity contribution in [2.24, 2.45) is 11.1 Å². The van der Waals surface area contributed by atoms with E-state index < -0.39 is 17.6 Å². The van der Waals surface area contributed by atoms with Crippen LogP contribution in [0, 0.1) is 5.41 Å². The summed E-state index contributed by atoms with van der Waals surface area (Å²) in [6.07, 6.45) is -0.00406. The van der Waals surface area contributed by atoms with Gasteiger partial charge in [-0.3, -0.25) is 0 Å². The number of rotatable bonds is 5. The Morgan fingerprint density at radius 1 is 1.62 bits per heavy atom. The van der Waals surface area contributed by atoms with E-state index in [-0.39, 0.29) is 5.57 Å². The van der Waals surface area contributed by atoms with Crippen LogP contribution < -0.4 is 5.73 Å². The summed E-state index contributed by atoms with van der Waals surface area (Å²) in [7, 11) is 0. The molecule has 4 nitrogen and oxygen atoms in total. The quantitative estimate of drug-likeness (QED) is 0.437. The third kappa shape index (κ3) is 4.05.